The maximum absolute atomic E-state index is 12.4. The van der Waals surface area contributed by atoms with Crippen molar-refractivity contribution in [2.75, 3.05) is 25.0 Å². The van der Waals surface area contributed by atoms with Gasteiger partial charge in [-0.05, 0) is 69.2 Å². The number of benzene rings is 1. The summed E-state index contributed by atoms with van der Waals surface area (Å²) in [6.45, 7) is 1.92. The zero-order valence-electron chi connectivity index (χ0n) is 15.7. The van der Waals surface area contributed by atoms with Crippen LogP contribution < -0.4 is 10.6 Å². The molecule has 1 aliphatic heterocycles. The van der Waals surface area contributed by atoms with Gasteiger partial charge in [0, 0.05) is 36.3 Å². The van der Waals surface area contributed by atoms with E-state index in [1.807, 2.05) is 0 Å². The quantitative estimate of drug-likeness (QED) is 0.723. The minimum Gasteiger partial charge on any atom is -0.356 e. The molecule has 0 unspecified atom stereocenters. The largest absolute Gasteiger partial charge is 0.356 e. The van der Waals surface area contributed by atoms with Gasteiger partial charge in [0.2, 0.25) is 5.91 Å². The lowest BCUT2D eigenvalue weighted by atomic mass is 9.95. The van der Waals surface area contributed by atoms with Crippen LogP contribution in [0.25, 0.3) is 0 Å². The van der Waals surface area contributed by atoms with E-state index in [0.717, 1.165) is 18.7 Å². The van der Waals surface area contributed by atoms with Gasteiger partial charge < -0.3 is 15.5 Å². The number of allylic oxidation sites excluding steroid dienone is 1. The molecule has 6 heteroatoms. The number of carbonyl (C=O) groups excluding carboxylic acids is 2. The Morgan fingerprint density at radius 1 is 1.11 bits per heavy atom. The zero-order chi connectivity index (χ0) is 19.1. The van der Waals surface area contributed by atoms with Crippen LogP contribution in [0.4, 0.5) is 10.5 Å². The average Bonchev–Trinajstić information content (AvgIpc) is 2.70. The van der Waals surface area contributed by atoms with Gasteiger partial charge in [-0.1, -0.05) is 23.3 Å². The maximum atomic E-state index is 12.4. The molecule has 0 aromatic heterocycles. The Hall–Kier alpha value is -2.01. The van der Waals surface area contributed by atoms with Crippen molar-refractivity contribution < 1.29 is 9.59 Å². The average molecular weight is 390 g/mol. The van der Waals surface area contributed by atoms with Gasteiger partial charge in [0.05, 0.1) is 0 Å². The molecule has 1 aliphatic carbocycles. The number of nitrogens with zero attached hydrogens (tertiary/aromatic N) is 1. The van der Waals surface area contributed by atoms with Gasteiger partial charge >= 0.3 is 6.03 Å². The lowest BCUT2D eigenvalue weighted by molar-refractivity contribution is -0.126. The smallest absolute Gasteiger partial charge is 0.321 e. The Bertz CT molecular complexity index is 679. The third-order valence-corrected chi connectivity index (χ3v) is 5.63. The van der Waals surface area contributed by atoms with E-state index in [1.54, 1.807) is 29.2 Å². The molecule has 0 atom stereocenters. The Morgan fingerprint density at radius 2 is 1.85 bits per heavy atom. The minimum atomic E-state index is -0.125. The Balaban J connectivity index is 1.37. The fourth-order valence-corrected chi connectivity index (χ4v) is 3.83. The maximum Gasteiger partial charge on any atom is 0.321 e. The summed E-state index contributed by atoms with van der Waals surface area (Å²) in [6, 6.07) is 6.93. The Kier molecular flexibility index (Phi) is 7.16. The highest BCUT2D eigenvalue weighted by molar-refractivity contribution is 6.30. The molecule has 0 saturated carbocycles. The topological polar surface area (TPSA) is 61.4 Å². The van der Waals surface area contributed by atoms with Crippen LogP contribution in [0.5, 0.6) is 0 Å². The molecule has 2 aliphatic rings. The van der Waals surface area contributed by atoms with Gasteiger partial charge in [-0.3, -0.25) is 4.79 Å². The summed E-state index contributed by atoms with van der Waals surface area (Å²) >= 11 is 5.86. The number of hydrogen-bond donors (Lipinski definition) is 2. The second kappa shape index (κ2) is 9.79. The first-order chi connectivity index (χ1) is 13.1. The molecular formula is C21H28ClN3O2. The number of halogens is 1. The number of piperidine rings is 1. The van der Waals surface area contributed by atoms with Crippen molar-refractivity contribution in [2.45, 2.75) is 44.9 Å². The molecule has 1 aromatic carbocycles. The number of amides is 3. The first-order valence-corrected chi connectivity index (χ1v) is 10.3. The van der Waals surface area contributed by atoms with Crippen LogP contribution >= 0.6 is 11.6 Å². The van der Waals surface area contributed by atoms with Crippen molar-refractivity contribution in [3.05, 3.63) is 40.9 Å². The van der Waals surface area contributed by atoms with E-state index in [9.17, 15) is 9.59 Å². The number of carbonyl (C=O) groups is 2. The number of anilines is 1. The van der Waals surface area contributed by atoms with E-state index >= 15 is 0 Å². The van der Waals surface area contributed by atoms with E-state index in [2.05, 4.69) is 16.7 Å². The second-order valence-corrected chi connectivity index (χ2v) is 7.78. The van der Waals surface area contributed by atoms with Crippen molar-refractivity contribution >= 4 is 29.2 Å². The lowest BCUT2D eigenvalue weighted by Crippen LogP contribution is -2.44. The first-order valence-electron chi connectivity index (χ1n) is 9.89. The zero-order valence-corrected chi connectivity index (χ0v) is 16.4. The van der Waals surface area contributed by atoms with E-state index in [0.29, 0.717) is 31.0 Å². The van der Waals surface area contributed by atoms with Gasteiger partial charge in [-0.2, -0.15) is 0 Å². The molecule has 0 bridgehead atoms. The van der Waals surface area contributed by atoms with Gasteiger partial charge in [0.15, 0.2) is 0 Å². The van der Waals surface area contributed by atoms with Crippen LogP contribution in [0, 0.1) is 5.92 Å². The molecule has 5 nitrogen and oxygen atoms in total. The number of hydrogen-bond acceptors (Lipinski definition) is 2. The summed E-state index contributed by atoms with van der Waals surface area (Å²) < 4.78 is 0. The summed E-state index contributed by atoms with van der Waals surface area (Å²) in [5.41, 5.74) is 2.21. The van der Waals surface area contributed by atoms with Crippen LogP contribution in [0.3, 0.4) is 0 Å². The van der Waals surface area contributed by atoms with Crippen molar-refractivity contribution in [3.8, 4) is 0 Å². The van der Waals surface area contributed by atoms with Crippen LogP contribution in [0.2, 0.25) is 5.02 Å². The van der Waals surface area contributed by atoms with Crippen molar-refractivity contribution in [3.63, 3.8) is 0 Å². The van der Waals surface area contributed by atoms with Crippen molar-refractivity contribution in [1.82, 2.24) is 10.2 Å². The monoisotopic (exact) mass is 389 g/mol. The third kappa shape index (κ3) is 5.99. The fourth-order valence-electron chi connectivity index (χ4n) is 3.70. The predicted molar refractivity (Wildman–Crippen MR) is 109 cm³/mol. The van der Waals surface area contributed by atoms with E-state index in [-0.39, 0.29) is 17.9 Å². The third-order valence-electron chi connectivity index (χ3n) is 5.38. The number of nitrogens with one attached hydrogen (secondary N) is 2. The summed E-state index contributed by atoms with van der Waals surface area (Å²) in [4.78, 5) is 26.5. The molecule has 1 fully saturated rings. The molecule has 3 rings (SSSR count). The SMILES string of the molecule is O=C(NCCC1=CCCCC1)C1CCN(C(=O)Nc2ccc(Cl)cc2)CC1. The molecule has 1 aromatic rings. The van der Waals surface area contributed by atoms with Gasteiger partial charge in [-0.25, -0.2) is 4.79 Å². The summed E-state index contributed by atoms with van der Waals surface area (Å²) in [5, 5.41) is 6.59. The normalized spacial score (nSPS) is 18.0. The standard InChI is InChI=1S/C21H28ClN3O2/c22-18-6-8-19(9-7-18)24-21(27)25-14-11-17(12-15-25)20(26)23-13-10-16-4-2-1-3-5-16/h4,6-9,17H,1-3,5,10-15H2,(H,23,26)(H,24,27). The molecule has 0 spiro atoms. The number of rotatable bonds is 5. The predicted octanol–water partition coefficient (Wildman–Crippen LogP) is 4.59. The van der Waals surface area contributed by atoms with E-state index in [4.69, 9.17) is 11.6 Å². The van der Waals surface area contributed by atoms with Crippen LogP contribution in [-0.4, -0.2) is 36.5 Å². The fraction of sp³-hybridized carbons (Fsp3) is 0.524. The molecule has 1 heterocycles. The van der Waals surface area contributed by atoms with Crippen molar-refractivity contribution in [1.29, 1.82) is 0 Å². The molecular weight excluding hydrogens is 362 g/mol. The molecule has 146 valence electrons. The number of likely N-dealkylation sites (tertiary alicyclic amines) is 1. The Labute approximate surface area is 166 Å². The van der Waals surface area contributed by atoms with E-state index < -0.39 is 0 Å². The van der Waals surface area contributed by atoms with Crippen LogP contribution in [0.1, 0.15) is 44.9 Å². The van der Waals surface area contributed by atoms with Crippen LogP contribution in [0.15, 0.2) is 35.9 Å². The Morgan fingerprint density at radius 3 is 2.52 bits per heavy atom. The highest BCUT2D eigenvalue weighted by Crippen LogP contribution is 2.21. The van der Waals surface area contributed by atoms with Crippen LogP contribution in [-0.2, 0) is 4.79 Å². The molecule has 0 radical (unpaired) electrons. The number of urea groups is 1. The van der Waals surface area contributed by atoms with Gasteiger partial charge in [0.1, 0.15) is 0 Å². The second-order valence-electron chi connectivity index (χ2n) is 7.35. The minimum absolute atomic E-state index is 0.00455. The first kappa shape index (κ1) is 19.7. The molecule has 3 amide bonds. The summed E-state index contributed by atoms with van der Waals surface area (Å²) in [7, 11) is 0. The summed E-state index contributed by atoms with van der Waals surface area (Å²) in [5.74, 6) is 0.133. The van der Waals surface area contributed by atoms with Gasteiger partial charge in [-0.15, -0.1) is 0 Å². The summed E-state index contributed by atoms with van der Waals surface area (Å²) in [6.07, 6.45) is 9.64. The molecule has 1 saturated heterocycles. The van der Waals surface area contributed by atoms with Crippen molar-refractivity contribution in [2.24, 2.45) is 5.92 Å². The highest BCUT2D eigenvalue weighted by Gasteiger charge is 2.27. The lowest BCUT2D eigenvalue weighted by Gasteiger charge is -2.31. The van der Waals surface area contributed by atoms with Gasteiger partial charge in [0.25, 0.3) is 0 Å². The molecule has 27 heavy (non-hydrogen) atoms. The molecule has 2 N–H and O–H groups in total. The van der Waals surface area contributed by atoms with E-state index in [1.165, 1.54) is 31.3 Å². The highest BCUT2D eigenvalue weighted by atomic mass is 35.5.